The quantitative estimate of drug-likeness (QED) is 0.177. The van der Waals surface area contributed by atoms with Gasteiger partial charge in [0.15, 0.2) is 0 Å². The number of hydrogen-bond donors (Lipinski definition) is 3. The summed E-state index contributed by atoms with van der Waals surface area (Å²) in [4.78, 5) is 33.6. The number of nitro benzene ring substituents is 1. The van der Waals surface area contributed by atoms with Crippen LogP contribution in [0.15, 0.2) is 18.2 Å². The summed E-state index contributed by atoms with van der Waals surface area (Å²) < 4.78 is 20.6. The molecule has 2 amide bonds. The van der Waals surface area contributed by atoms with E-state index in [4.69, 9.17) is 24.1 Å². The molecule has 0 heterocycles. The first-order valence-corrected chi connectivity index (χ1v) is 10.3. The first kappa shape index (κ1) is 27.1. The van der Waals surface area contributed by atoms with Crippen molar-refractivity contribution in [3.05, 3.63) is 33.9 Å². The Morgan fingerprint density at radius 2 is 1.78 bits per heavy atom. The molecule has 0 aliphatic carbocycles. The molecule has 12 heteroatoms. The van der Waals surface area contributed by atoms with Gasteiger partial charge in [0.2, 0.25) is 5.91 Å². The highest BCUT2D eigenvalue weighted by molar-refractivity contribution is 5.75. The fourth-order valence-corrected chi connectivity index (χ4v) is 2.42. The zero-order valence-electron chi connectivity index (χ0n) is 18.2. The zero-order valence-corrected chi connectivity index (χ0v) is 18.2. The van der Waals surface area contributed by atoms with Crippen molar-refractivity contribution in [3.63, 3.8) is 0 Å². The average molecular weight is 457 g/mol. The minimum atomic E-state index is -0.595. The third-order valence-electron chi connectivity index (χ3n) is 3.99. The van der Waals surface area contributed by atoms with E-state index in [9.17, 15) is 19.7 Å². The summed E-state index contributed by atoms with van der Waals surface area (Å²) >= 11 is 0. The SMILES string of the molecule is CCOCCOCCOC(=O)NCCNC(=O)CCCOc1ccc(CO)c([N+](=O)[O-])c1. The highest BCUT2D eigenvalue weighted by Gasteiger charge is 2.14. The van der Waals surface area contributed by atoms with E-state index in [1.807, 2.05) is 6.92 Å². The molecule has 0 unspecified atom stereocenters. The minimum Gasteiger partial charge on any atom is -0.493 e. The molecular weight excluding hydrogens is 426 g/mol. The van der Waals surface area contributed by atoms with E-state index in [2.05, 4.69) is 10.6 Å². The predicted molar refractivity (Wildman–Crippen MR) is 113 cm³/mol. The van der Waals surface area contributed by atoms with Crippen LogP contribution in [-0.4, -0.2) is 74.8 Å². The van der Waals surface area contributed by atoms with Gasteiger partial charge in [-0.1, -0.05) is 0 Å². The van der Waals surface area contributed by atoms with Gasteiger partial charge in [-0.05, 0) is 25.5 Å². The van der Waals surface area contributed by atoms with Gasteiger partial charge in [-0.15, -0.1) is 0 Å². The van der Waals surface area contributed by atoms with Crippen LogP contribution in [0.25, 0.3) is 0 Å². The summed E-state index contributed by atoms with van der Waals surface area (Å²) in [7, 11) is 0. The number of nitrogens with one attached hydrogen (secondary N) is 2. The van der Waals surface area contributed by atoms with E-state index < -0.39 is 17.6 Å². The molecule has 0 aromatic heterocycles. The number of nitro groups is 1. The predicted octanol–water partition coefficient (Wildman–Crippen LogP) is 1.14. The summed E-state index contributed by atoms with van der Waals surface area (Å²) in [6.45, 7) is 4.06. The van der Waals surface area contributed by atoms with E-state index in [-0.39, 0.29) is 62.2 Å². The molecule has 0 radical (unpaired) electrons. The van der Waals surface area contributed by atoms with E-state index in [1.54, 1.807) is 0 Å². The van der Waals surface area contributed by atoms with Gasteiger partial charge in [-0.25, -0.2) is 4.79 Å². The Kier molecular flexibility index (Phi) is 14.1. The molecule has 180 valence electrons. The molecule has 0 spiro atoms. The number of nitrogens with zero attached hydrogens (tertiary/aromatic N) is 1. The fourth-order valence-electron chi connectivity index (χ4n) is 2.42. The van der Waals surface area contributed by atoms with Crippen molar-refractivity contribution in [3.8, 4) is 5.75 Å². The number of aliphatic hydroxyl groups is 1. The molecule has 0 saturated carbocycles. The van der Waals surface area contributed by atoms with Crippen LogP contribution in [0, 0.1) is 10.1 Å². The molecule has 0 saturated heterocycles. The second-order valence-electron chi connectivity index (χ2n) is 6.38. The fraction of sp³-hybridized carbons (Fsp3) is 0.600. The van der Waals surface area contributed by atoms with E-state index >= 15 is 0 Å². The average Bonchev–Trinajstić information content (AvgIpc) is 2.78. The van der Waals surface area contributed by atoms with Gasteiger partial charge in [-0.3, -0.25) is 14.9 Å². The Bertz CT molecular complexity index is 716. The number of carbonyl (C=O) groups is 2. The highest BCUT2D eigenvalue weighted by atomic mass is 16.6. The van der Waals surface area contributed by atoms with Crippen molar-refractivity contribution < 1.29 is 38.6 Å². The lowest BCUT2D eigenvalue weighted by Crippen LogP contribution is -2.35. The Labute approximate surface area is 186 Å². The van der Waals surface area contributed by atoms with Crippen LogP contribution in [-0.2, 0) is 25.6 Å². The normalized spacial score (nSPS) is 10.4. The summed E-state index contributed by atoms with van der Waals surface area (Å²) in [6, 6.07) is 4.19. The van der Waals surface area contributed by atoms with Gasteiger partial charge in [0.1, 0.15) is 12.4 Å². The third kappa shape index (κ3) is 12.0. The van der Waals surface area contributed by atoms with Crippen LogP contribution >= 0.6 is 0 Å². The van der Waals surface area contributed by atoms with Gasteiger partial charge in [0.05, 0.1) is 49.6 Å². The van der Waals surface area contributed by atoms with Crippen molar-refractivity contribution in [2.75, 3.05) is 52.7 Å². The number of rotatable bonds is 17. The number of amides is 2. The molecule has 0 atom stereocenters. The maximum Gasteiger partial charge on any atom is 0.407 e. The minimum absolute atomic E-state index is 0.121. The van der Waals surface area contributed by atoms with E-state index in [1.165, 1.54) is 18.2 Å². The van der Waals surface area contributed by atoms with Crippen molar-refractivity contribution in [1.82, 2.24) is 10.6 Å². The molecule has 12 nitrogen and oxygen atoms in total. The third-order valence-corrected chi connectivity index (χ3v) is 3.99. The molecule has 0 bridgehead atoms. The number of carbonyl (C=O) groups excluding carboxylic acids is 2. The lowest BCUT2D eigenvalue weighted by molar-refractivity contribution is -0.385. The highest BCUT2D eigenvalue weighted by Crippen LogP contribution is 2.24. The maximum absolute atomic E-state index is 11.8. The second-order valence-corrected chi connectivity index (χ2v) is 6.38. The van der Waals surface area contributed by atoms with Gasteiger partial charge in [0, 0.05) is 26.1 Å². The monoisotopic (exact) mass is 457 g/mol. The van der Waals surface area contributed by atoms with Crippen LogP contribution in [0.5, 0.6) is 5.75 Å². The van der Waals surface area contributed by atoms with Crippen LogP contribution in [0.1, 0.15) is 25.3 Å². The number of aliphatic hydroxyl groups excluding tert-OH is 1. The number of benzene rings is 1. The first-order chi connectivity index (χ1) is 15.5. The topological polar surface area (TPSA) is 158 Å². The Balaban J connectivity index is 2.07. The van der Waals surface area contributed by atoms with Crippen molar-refractivity contribution in [2.24, 2.45) is 0 Å². The summed E-state index contributed by atoms with van der Waals surface area (Å²) in [5.74, 6) is 0.0739. The van der Waals surface area contributed by atoms with Crippen LogP contribution in [0.4, 0.5) is 10.5 Å². The standard InChI is InChI=1S/C20H31N3O9/c1-2-29-10-11-30-12-13-32-20(26)22-8-7-21-19(25)4-3-9-31-17-6-5-16(15-24)18(14-17)23(27)28/h5-6,14,24H,2-4,7-13,15H2,1H3,(H,21,25)(H,22,26). The molecule has 0 fully saturated rings. The number of alkyl carbamates (subject to hydrolysis) is 1. The molecule has 1 aromatic rings. The lowest BCUT2D eigenvalue weighted by Gasteiger charge is -2.09. The second kappa shape index (κ2) is 16.7. The van der Waals surface area contributed by atoms with E-state index in [0.717, 1.165) is 0 Å². The van der Waals surface area contributed by atoms with Gasteiger partial charge < -0.3 is 34.7 Å². The van der Waals surface area contributed by atoms with Crippen LogP contribution < -0.4 is 15.4 Å². The number of hydrogen-bond acceptors (Lipinski definition) is 9. The smallest absolute Gasteiger partial charge is 0.407 e. The van der Waals surface area contributed by atoms with Crippen molar-refractivity contribution in [2.45, 2.75) is 26.4 Å². The Morgan fingerprint density at radius 3 is 2.50 bits per heavy atom. The molecule has 32 heavy (non-hydrogen) atoms. The summed E-state index contributed by atoms with van der Waals surface area (Å²) in [5.41, 5.74) is -0.0204. The summed E-state index contributed by atoms with van der Waals surface area (Å²) in [5, 5.41) is 25.2. The molecule has 1 aromatic carbocycles. The number of ether oxygens (including phenoxy) is 4. The zero-order chi connectivity index (χ0) is 23.6. The molecule has 1 rings (SSSR count). The molecule has 3 N–H and O–H groups in total. The van der Waals surface area contributed by atoms with Gasteiger partial charge in [0.25, 0.3) is 5.69 Å². The van der Waals surface area contributed by atoms with Crippen molar-refractivity contribution >= 4 is 17.7 Å². The summed E-state index contributed by atoms with van der Waals surface area (Å²) in [6.07, 6.45) is 0.00268. The van der Waals surface area contributed by atoms with E-state index in [0.29, 0.717) is 26.2 Å². The maximum atomic E-state index is 11.8. The van der Waals surface area contributed by atoms with Crippen LogP contribution in [0.2, 0.25) is 0 Å². The Hall–Kier alpha value is -2.96. The van der Waals surface area contributed by atoms with Gasteiger partial charge in [-0.2, -0.15) is 0 Å². The molecule has 0 aliphatic rings. The van der Waals surface area contributed by atoms with Gasteiger partial charge >= 0.3 is 6.09 Å². The largest absolute Gasteiger partial charge is 0.493 e. The van der Waals surface area contributed by atoms with Crippen molar-refractivity contribution in [1.29, 1.82) is 0 Å². The first-order valence-electron chi connectivity index (χ1n) is 10.3. The molecular formula is C20H31N3O9. The lowest BCUT2D eigenvalue weighted by atomic mass is 10.2. The molecule has 0 aliphatic heterocycles. The van der Waals surface area contributed by atoms with Crippen LogP contribution in [0.3, 0.4) is 0 Å². The Morgan fingerprint density at radius 1 is 1.06 bits per heavy atom.